The third-order valence-electron chi connectivity index (χ3n) is 4.11. The highest BCUT2D eigenvalue weighted by Crippen LogP contribution is 2.30. The van der Waals surface area contributed by atoms with Crippen molar-refractivity contribution in [2.45, 2.75) is 26.4 Å². The molecule has 0 aliphatic rings. The van der Waals surface area contributed by atoms with Crippen molar-refractivity contribution in [1.82, 2.24) is 4.98 Å². The summed E-state index contributed by atoms with van der Waals surface area (Å²) in [5, 5.41) is 2.69. The number of esters is 1. The molecule has 1 amide bonds. The number of rotatable bonds is 7. The highest BCUT2D eigenvalue weighted by molar-refractivity contribution is 7.16. The molecule has 162 valence electrons. The number of hydrogen-bond acceptors (Lipinski definition) is 8. The number of anilines is 1. The van der Waals surface area contributed by atoms with Crippen LogP contribution in [0.25, 0.3) is 0 Å². The lowest BCUT2D eigenvalue weighted by Gasteiger charge is -2.06. The van der Waals surface area contributed by atoms with Gasteiger partial charge in [-0.2, -0.15) is 0 Å². The maximum absolute atomic E-state index is 12.9. The molecule has 2 heterocycles. The number of hydrogen-bond donors (Lipinski definition) is 1. The van der Waals surface area contributed by atoms with Crippen LogP contribution in [0.3, 0.4) is 0 Å². The average molecular weight is 446 g/mol. The number of ether oxygens (including phenoxy) is 2. The summed E-state index contributed by atoms with van der Waals surface area (Å²) in [6.45, 7) is 3.80. The molecule has 1 aromatic carbocycles. The van der Waals surface area contributed by atoms with Gasteiger partial charge in [0, 0.05) is 10.9 Å². The molecule has 0 atom stereocenters. The Balaban J connectivity index is 1.71. The lowest BCUT2D eigenvalue weighted by molar-refractivity contribution is 0.0593. The lowest BCUT2D eigenvalue weighted by Crippen LogP contribution is -2.16. The van der Waals surface area contributed by atoms with Crippen molar-refractivity contribution >= 4 is 28.3 Å². The molecule has 1 N–H and O–H groups in total. The summed E-state index contributed by atoms with van der Waals surface area (Å²) in [4.78, 5) is 41.4. The number of methoxy groups -OCH3 is 1. The number of halogens is 1. The summed E-state index contributed by atoms with van der Waals surface area (Å²) in [7, 11) is 1.25. The fourth-order valence-electron chi connectivity index (χ4n) is 2.54. The molecule has 0 radical (unpaired) electrons. The predicted octanol–water partition coefficient (Wildman–Crippen LogP) is 3.98. The van der Waals surface area contributed by atoms with Crippen molar-refractivity contribution in [3.8, 4) is 5.75 Å². The topological polar surface area (TPSA) is 108 Å². The highest BCUT2D eigenvalue weighted by Gasteiger charge is 2.22. The molecule has 0 saturated heterocycles. The number of carbonyl (C=O) groups is 2. The normalized spacial score (nSPS) is 10.7. The lowest BCUT2D eigenvalue weighted by atomic mass is 10.1. The van der Waals surface area contributed by atoms with Crippen LogP contribution in [0.5, 0.6) is 5.75 Å². The summed E-state index contributed by atoms with van der Waals surface area (Å²) in [6.07, 6.45) is 1.03. The minimum Gasteiger partial charge on any atom is -0.482 e. The molecule has 8 nitrogen and oxygen atoms in total. The molecule has 0 aliphatic heterocycles. The Hall–Kier alpha value is -3.53. The Morgan fingerprint density at radius 1 is 1.26 bits per heavy atom. The molecule has 0 unspecified atom stereocenters. The molecule has 3 aromatic rings. The van der Waals surface area contributed by atoms with Crippen molar-refractivity contribution in [3.05, 3.63) is 74.5 Å². The quantitative estimate of drug-likeness (QED) is 0.547. The van der Waals surface area contributed by atoms with Crippen LogP contribution in [0.2, 0.25) is 0 Å². The molecule has 0 saturated carbocycles. The first-order chi connectivity index (χ1) is 14.8. The van der Waals surface area contributed by atoms with E-state index in [9.17, 15) is 18.8 Å². The zero-order valence-electron chi connectivity index (χ0n) is 16.9. The molecule has 10 heteroatoms. The van der Waals surface area contributed by atoms with Gasteiger partial charge in [0.1, 0.15) is 18.7 Å². The first-order valence-electron chi connectivity index (χ1n) is 9.19. The fraction of sp³-hybridized carbons (Fsp3) is 0.238. The van der Waals surface area contributed by atoms with E-state index in [1.165, 1.54) is 31.4 Å². The van der Waals surface area contributed by atoms with E-state index in [0.717, 1.165) is 23.7 Å². The number of aromatic nitrogens is 1. The largest absolute Gasteiger partial charge is 0.482 e. The second kappa shape index (κ2) is 9.52. The zero-order valence-corrected chi connectivity index (χ0v) is 17.7. The van der Waals surface area contributed by atoms with E-state index in [2.05, 4.69) is 10.3 Å². The second-order valence-corrected chi connectivity index (χ2v) is 7.75. The Morgan fingerprint density at radius 3 is 2.58 bits per heavy atom. The zero-order chi connectivity index (χ0) is 22.5. The minimum atomic E-state index is -0.706. The van der Waals surface area contributed by atoms with Gasteiger partial charge >= 0.3 is 5.97 Å². The van der Waals surface area contributed by atoms with E-state index in [1.807, 2.05) is 13.8 Å². The van der Waals surface area contributed by atoms with Crippen molar-refractivity contribution in [3.63, 3.8) is 0 Å². The van der Waals surface area contributed by atoms with Crippen LogP contribution in [-0.2, 0) is 11.3 Å². The third-order valence-corrected chi connectivity index (χ3v) is 5.38. The maximum atomic E-state index is 12.9. The average Bonchev–Trinajstić information content (AvgIpc) is 3.17. The summed E-state index contributed by atoms with van der Waals surface area (Å²) in [5.41, 5.74) is 0.230. The number of nitrogens with zero attached hydrogens (tertiary/aromatic N) is 1. The van der Waals surface area contributed by atoms with Gasteiger partial charge in [0.05, 0.1) is 7.11 Å². The van der Waals surface area contributed by atoms with Gasteiger partial charge in [-0.15, -0.1) is 11.3 Å². The van der Waals surface area contributed by atoms with Crippen LogP contribution < -0.4 is 15.5 Å². The maximum Gasteiger partial charge on any atom is 0.357 e. The van der Waals surface area contributed by atoms with Crippen LogP contribution in [0.15, 0.2) is 45.8 Å². The summed E-state index contributed by atoms with van der Waals surface area (Å²) in [5.74, 6) is -2.03. The summed E-state index contributed by atoms with van der Waals surface area (Å²) in [6, 6.07) is 6.61. The second-order valence-electron chi connectivity index (χ2n) is 6.72. The van der Waals surface area contributed by atoms with Crippen LogP contribution in [0, 0.1) is 5.82 Å². The Morgan fingerprint density at radius 2 is 1.97 bits per heavy atom. The smallest absolute Gasteiger partial charge is 0.357 e. The van der Waals surface area contributed by atoms with E-state index >= 15 is 0 Å². The first kappa shape index (κ1) is 22.2. The van der Waals surface area contributed by atoms with E-state index in [0.29, 0.717) is 10.4 Å². The van der Waals surface area contributed by atoms with Gasteiger partial charge in [-0.3, -0.25) is 14.9 Å². The number of benzene rings is 1. The van der Waals surface area contributed by atoms with Gasteiger partial charge < -0.3 is 13.9 Å². The Kier molecular flexibility index (Phi) is 6.81. The molecule has 0 aliphatic carbocycles. The number of amides is 1. The van der Waals surface area contributed by atoms with Crippen LogP contribution in [0.4, 0.5) is 9.52 Å². The molecule has 31 heavy (non-hydrogen) atoms. The molecule has 3 rings (SSSR count). The van der Waals surface area contributed by atoms with Gasteiger partial charge in [0.15, 0.2) is 16.6 Å². The highest BCUT2D eigenvalue weighted by atomic mass is 32.1. The standard InChI is InChI=1S/C21H19FN2O6S/c1-11(2)18-17(20(27)28-3)23-21(31-18)24-19(26)15-8-14(25)16(10-30-15)29-9-12-4-6-13(22)7-5-12/h4-8,10-11H,9H2,1-3H3,(H,23,24,26). The number of nitrogens with one attached hydrogen (secondary N) is 1. The minimum absolute atomic E-state index is 0.00674. The van der Waals surface area contributed by atoms with Gasteiger partial charge in [0.2, 0.25) is 11.2 Å². The Labute approximate surface area is 180 Å². The first-order valence-corrected chi connectivity index (χ1v) is 10.0. The van der Waals surface area contributed by atoms with Crippen LogP contribution >= 0.6 is 11.3 Å². The van der Waals surface area contributed by atoms with Crippen LogP contribution in [-0.4, -0.2) is 24.0 Å². The molecule has 2 aromatic heterocycles. The monoisotopic (exact) mass is 446 g/mol. The third kappa shape index (κ3) is 5.34. The number of thiazole rings is 1. The fourth-order valence-corrected chi connectivity index (χ4v) is 3.49. The van der Waals surface area contributed by atoms with E-state index in [4.69, 9.17) is 13.9 Å². The number of carbonyl (C=O) groups excluding carboxylic acids is 2. The molecule has 0 spiro atoms. The van der Waals surface area contributed by atoms with Crippen molar-refractivity contribution in [2.75, 3.05) is 12.4 Å². The molecular weight excluding hydrogens is 427 g/mol. The van der Waals surface area contributed by atoms with E-state index < -0.39 is 17.3 Å². The van der Waals surface area contributed by atoms with Crippen molar-refractivity contribution in [1.29, 1.82) is 0 Å². The van der Waals surface area contributed by atoms with Gasteiger partial charge in [-0.05, 0) is 23.6 Å². The Bertz CT molecular complexity index is 1150. The van der Waals surface area contributed by atoms with Gasteiger partial charge in [0.25, 0.3) is 5.91 Å². The van der Waals surface area contributed by atoms with Crippen molar-refractivity contribution < 1.29 is 27.9 Å². The van der Waals surface area contributed by atoms with Crippen LogP contribution in [0.1, 0.15) is 51.2 Å². The van der Waals surface area contributed by atoms with Gasteiger partial charge in [-0.1, -0.05) is 26.0 Å². The van der Waals surface area contributed by atoms with E-state index in [-0.39, 0.29) is 40.7 Å². The molecular formula is C21H19FN2O6S. The van der Waals surface area contributed by atoms with Crippen molar-refractivity contribution in [2.24, 2.45) is 0 Å². The summed E-state index contributed by atoms with van der Waals surface area (Å²) < 4.78 is 28.3. The summed E-state index contributed by atoms with van der Waals surface area (Å²) >= 11 is 1.13. The van der Waals surface area contributed by atoms with Gasteiger partial charge in [-0.25, -0.2) is 14.2 Å². The van der Waals surface area contributed by atoms with E-state index in [1.54, 1.807) is 0 Å². The predicted molar refractivity (Wildman–Crippen MR) is 111 cm³/mol. The SMILES string of the molecule is COC(=O)c1nc(NC(=O)c2cc(=O)c(OCc3ccc(F)cc3)co2)sc1C(C)C. The molecule has 0 bridgehead atoms. The molecule has 0 fully saturated rings.